The molecule has 2 aromatic carbocycles. The normalized spacial score (nSPS) is 15.2. The predicted molar refractivity (Wildman–Crippen MR) is 106 cm³/mol. The van der Waals surface area contributed by atoms with Crippen molar-refractivity contribution in [3.05, 3.63) is 47.5 Å². The summed E-state index contributed by atoms with van der Waals surface area (Å²) in [7, 11) is 0. The Bertz CT molecular complexity index is 906. The number of aryl methyl sites for hydroxylation is 2. The van der Waals surface area contributed by atoms with E-state index in [4.69, 9.17) is 0 Å². The van der Waals surface area contributed by atoms with E-state index in [0.717, 1.165) is 22.5 Å². The third kappa shape index (κ3) is 4.44. The zero-order valence-corrected chi connectivity index (χ0v) is 15.5. The fraction of sp³-hybridized carbons (Fsp3) is 0.250. The minimum atomic E-state index is -0.641. The van der Waals surface area contributed by atoms with Crippen LogP contribution in [0.25, 0.3) is 0 Å². The third-order valence-electron chi connectivity index (χ3n) is 4.42. The van der Waals surface area contributed by atoms with Crippen molar-refractivity contribution in [2.45, 2.75) is 33.2 Å². The average molecular weight is 366 g/mol. The van der Waals surface area contributed by atoms with Crippen molar-refractivity contribution in [1.82, 2.24) is 0 Å². The SMILES string of the molecule is CC(=O)Nc1ccc(NC(=O)C[C@H]2Nc3cc(C)c(C)cc3NC2=O)cc1. The molecule has 0 radical (unpaired) electrons. The van der Waals surface area contributed by atoms with Crippen molar-refractivity contribution in [1.29, 1.82) is 0 Å². The Kier molecular flexibility index (Phi) is 5.12. The highest BCUT2D eigenvalue weighted by Gasteiger charge is 2.27. The number of amides is 3. The molecule has 0 aromatic heterocycles. The first kappa shape index (κ1) is 18.4. The van der Waals surface area contributed by atoms with Crippen molar-refractivity contribution in [3.8, 4) is 0 Å². The average Bonchev–Trinajstić information content (AvgIpc) is 2.59. The number of carbonyl (C=O) groups excluding carboxylic acids is 3. The molecule has 1 heterocycles. The van der Waals surface area contributed by atoms with E-state index >= 15 is 0 Å². The fourth-order valence-corrected chi connectivity index (χ4v) is 2.89. The quantitative estimate of drug-likeness (QED) is 0.668. The number of benzene rings is 2. The first-order valence-corrected chi connectivity index (χ1v) is 8.68. The van der Waals surface area contributed by atoms with Crippen LogP contribution >= 0.6 is 0 Å². The molecule has 1 aliphatic rings. The minimum absolute atomic E-state index is 0.00560. The highest BCUT2D eigenvalue weighted by Crippen LogP contribution is 2.30. The zero-order valence-electron chi connectivity index (χ0n) is 15.5. The number of rotatable bonds is 4. The van der Waals surface area contributed by atoms with E-state index in [1.807, 2.05) is 26.0 Å². The van der Waals surface area contributed by atoms with E-state index in [1.54, 1.807) is 24.3 Å². The number of hydrogen-bond acceptors (Lipinski definition) is 4. The number of fused-ring (bicyclic) bond motifs is 1. The van der Waals surface area contributed by atoms with Gasteiger partial charge in [0.1, 0.15) is 6.04 Å². The summed E-state index contributed by atoms with van der Waals surface area (Å²) < 4.78 is 0. The van der Waals surface area contributed by atoms with Crippen LogP contribution in [0.15, 0.2) is 36.4 Å². The van der Waals surface area contributed by atoms with Gasteiger partial charge in [-0.15, -0.1) is 0 Å². The number of nitrogens with one attached hydrogen (secondary N) is 4. The first-order valence-electron chi connectivity index (χ1n) is 8.68. The van der Waals surface area contributed by atoms with Crippen LogP contribution in [0.5, 0.6) is 0 Å². The van der Waals surface area contributed by atoms with Crippen LogP contribution < -0.4 is 21.3 Å². The molecule has 2 aromatic rings. The Morgan fingerprint density at radius 3 is 2.11 bits per heavy atom. The molecule has 3 rings (SSSR count). The summed E-state index contributed by atoms with van der Waals surface area (Å²) in [6, 6.07) is 10.0. The van der Waals surface area contributed by atoms with Gasteiger partial charge in [0, 0.05) is 18.3 Å². The molecular weight excluding hydrogens is 344 g/mol. The Morgan fingerprint density at radius 2 is 1.52 bits per heavy atom. The summed E-state index contributed by atoms with van der Waals surface area (Å²) in [6.07, 6.45) is 0.00560. The second kappa shape index (κ2) is 7.49. The zero-order chi connectivity index (χ0) is 19.6. The van der Waals surface area contributed by atoms with Crippen molar-refractivity contribution in [2.75, 3.05) is 21.3 Å². The van der Waals surface area contributed by atoms with Crippen LogP contribution in [0.1, 0.15) is 24.5 Å². The lowest BCUT2D eigenvalue weighted by atomic mass is 10.0. The maximum absolute atomic E-state index is 12.3. The van der Waals surface area contributed by atoms with Gasteiger partial charge in [0.2, 0.25) is 17.7 Å². The first-order chi connectivity index (χ1) is 12.8. The number of hydrogen-bond donors (Lipinski definition) is 4. The van der Waals surface area contributed by atoms with Crippen molar-refractivity contribution < 1.29 is 14.4 Å². The molecule has 140 valence electrons. The van der Waals surface area contributed by atoms with Crippen LogP contribution in [0.3, 0.4) is 0 Å². The highest BCUT2D eigenvalue weighted by atomic mass is 16.2. The number of anilines is 4. The summed E-state index contributed by atoms with van der Waals surface area (Å²) in [5.41, 5.74) is 4.99. The molecule has 7 heteroatoms. The Labute approximate surface area is 157 Å². The lowest BCUT2D eigenvalue weighted by molar-refractivity contribution is -0.122. The molecule has 0 bridgehead atoms. The van der Waals surface area contributed by atoms with Crippen LogP contribution in [-0.4, -0.2) is 23.8 Å². The molecule has 0 fully saturated rings. The van der Waals surface area contributed by atoms with Gasteiger partial charge < -0.3 is 21.3 Å². The third-order valence-corrected chi connectivity index (χ3v) is 4.42. The smallest absolute Gasteiger partial charge is 0.247 e. The topological polar surface area (TPSA) is 99.3 Å². The molecule has 0 saturated carbocycles. The molecule has 0 spiro atoms. The van der Waals surface area contributed by atoms with E-state index in [1.165, 1.54) is 6.92 Å². The van der Waals surface area contributed by atoms with E-state index < -0.39 is 6.04 Å². The van der Waals surface area contributed by atoms with E-state index in [0.29, 0.717) is 11.4 Å². The predicted octanol–water partition coefficient (Wildman–Crippen LogP) is 3.02. The Morgan fingerprint density at radius 1 is 0.963 bits per heavy atom. The lowest BCUT2D eigenvalue weighted by Crippen LogP contribution is -2.41. The largest absolute Gasteiger partial charge is 0.372 e. The molecule has 27 heavy (non-hydrogen) atoms. The second-order valence-corrected chi connectivity index (χ2v) is 6.68. The summed E-state index contributed by atoms with van der Waals surface area (Å²) in [4.78, 5) is 35.6. The molecule has 3 amide bonds. The summed E-state index contributed by atoms with van der Waals surface area (Å²) >= 11 is 0. The van der Waals surface area contributed by atoms with Gasteiger partial charge in [0.15, 0.2) is 0 Å². The van der Waals surface area contributed by atoms with Crippen molar-refractivity contribution in [2.24, 2.45) is 0 Å². The van der Waals surface area contributed by atoms with Crippen LogP contribution in [0.2, 0.25) is 0 Å². The van der Waals surface area contributed by atoms with E-state index in [2.05, 4.69) is 21.3 Å². The second-order valence-electron chi connectivity index (χ2n) is 6.68. The van der Waals surface area contributed by atoms with E-state index in [-0.39, 0.29) is 24.1 Å². The molecule has 7 nitrogen and oxygen atoms in total. The van der Waals surface area contributed by atoms with Gasteiger partial charge >= 0.3 is 0 Å². The minimum Gasteiger partial charge on any atom is -0.372 e. The van der Waals surface area contributed by atoms with Crippen LogP contribution in [0, 0.1) is 13.8 Å². The highest BCUT2D eigenvalue weighted by molar-refractivity contribution is 6.06. The fourth-order valence-electron chi connectivity index (χ4n) is 2.89. The van der Waals surface area contributed by atoms with Gasteiger partial charge in [-0.2, -0.15) is 0 Å². The van der Waals surface area contributed by atoms with Gasteiger partial charge in [-0.05, 0) is 61.4 Å². The molecule has 0 saturated heterocycles. The van der Waals surface area contributed by atoms with Crippen molar-refractivity contribution in [3.63, 3.8) is 0 Å². The van der Waals surface area contributed by atoms with Gasteiger partial charge in [0.25, 0.3) is 0 Å². The standard InChI is InChI=1S/C20H22N4O3/c1-11-8-16-17(9-12(11)2)24-20(27)18(23-16)10-19(26)22-15-6-4-14(5-7-15)21-13(3)25/h4-9,18,23H,10H2,1-3H3,(H,21,25)(H,22,26)(H,24,27)/t18-/m1/s1. The van der Waals surface area contributed by atoms with Crippen LogP contribution in [0.4, 0.5) is 22.7 Å². The monoisotopic (exact) mass is 366 g/mol. The summed E-state index contributed by atoms with van der Waals surface area (Å²) in [5.74, 6) is -0.670. The molecule has 4 N–H and O–H groups in total. The summed E-state index contributed by atoms with van der Waals surface area (Å²) in [5, 5.41) is 11.4. The van der Waals surface area contributed by atoms with Crippen LogP contribution in [-0.2, 0) is 14.4 Å². The summed E-state index contributed by atoms with van der Waals surface area (Å²) in [6.45, 7) is 5.41. The Balaban J connectivity index is 1.63. The molecule has 1 atom stereocenters. The number of carbonyl (C=O) groups is 3. The van der Waals surface area contributed by atoms with Gasteiger partial charge in [-0.25, -0.2) is 0 Å². The Hall–Kier alpha value is -3.35. The molecule has 0 unspecified atom stereocenters. The van der Waals surface area contributed by atoms with Crippen molar-refractivity contribution >= 4 is 40.5 Å². The molecule has 1 aliphatic heterocycles. The van der Waals surface area contributed by atoms with E-state index in [9.17, 15) is 14.4 Å². The van der Waals surface area contributed by atoms with Gasteiger partial charge in [-0.3, -0.25) is 14.4 Å². The van der Waals surface area contributed by atoms with Gasteiger partial charge in [-0.1, -0.05) is 0 Å². The molecular formula is C20H22N4O3. The van der Waals surface area contributed by atoms with Gasteiger partial charge in [0.05, 0.1) is 17.8 Å². The molecule has 0 aliphatic carbocycles. The maximum atomic E-state index is 12.3. The maximum Gasteiger partial charge on any atom is 0.247 e. The lowest BCUT2D eigenvalue weighted by Gasteiger charge is -2.27.